The van der Waals surface area contributed by atoms with E-state index in [2.05, 4.69) is 24.5 Å². The van der Waals surface area contributed by atoms with E-state index in [1.165, 1.54) is 0 Å². The number of anilines is 1. The first-order valence-electron chi connectivity index (χ1n) is 7.41. The third kappa shape index (κ3) is 6.36. The summed E-state index contributed by atoms with van der Waals surface area (Å²) >= 11 is 6.10. The molecule has 118 valence electrons. The number of rotatable bonds is 8. The highest BCUT2D eigenvalue weighted by atomic mass is 35.5. The topological polar surface area (TPSA) is 44.4 Å². The Morgan fingerprint density at radius 3 is 2.71 bits per heavy atom. The average molecular weight is 312 g/mol. The first kappa shape index (κ1) is 17.8. The molecule has 0 aromatic heterocycles. The molecule has 0 aliphatic heterocycles. The van der Waals surface area contributed by atoms with Crippen molar-refractivity contribution in [3.05, 3.63) is 28.8 Å². The van der Waals surface area contributed by atoms with Crippen molar-refractivity contribution in [3.8, 4) is 0 Å². The molecule has 1 amide bonds. The second-order valence-corrected chi connectivity index (χ2v) is 6.04. The number of amides is 1. The fourth-order valence-corrected chi connectivity index (χ4v) is 2.26. The Hall–Kier alpha value is -1.26. The van der Waals surface area contributed by atoms with Crippen LogP contribution in [-0.2, 0) is 11.3 Å². The molecule has 0 fully saturated rings. The van der Waals surface area contributed by atoms with E-state index >= 15 is 0 Å². The van der Waals surface area contributed by atoms with Gasteiger partial charge in [0.2, 0.25) is 5.91 Å². The van der Waals surface area contributed by atoms with E-state index in [0.29, 0.717) is 24.0 Å². The normalized spacial score (nSPS) is 10.8. The summed E-state index contributed by atoms with van der Waals surface area (Å²) in [5.74, 6) is 0.620. The van der Waals surface area contributed by atoms with Crippen LogP contribution in [-0.4, -0.2) is 32.6 Å². The monoisotopic (exact) mass is 311 g/mol. The Kier molecular flexibility index (Phi) is 7.54. The summed E-state index contributed by atoms with van der Waals surface area (Å²) in [6.07, 6.45) is 0. The quantitative estimate of drug-likeness (QED) is 0.776. The van der Waals surface area contributed by atoms with E-state index in [4.69, 9.17) is 11.6 Å². The number of halogens is 1. The standard InChI is InChI=1S/C16H26ClN3O/c1-5-19-16(21)11-20(4)15-8-14(17)7-6-13(15)10-18-9-12(2)3/h6-8,12,18H,5,9-11H2,1-4H3,(H,19,21). The van der Waals surface area contributed by atoms with Gasteiger partial charge in [-0.25, -0.2) is 0 Å². The molecule has 0 atom stereocenters. The second kappa shape index (κ2) is 8.90. The molecule has 0 radical (unpaired) electrons. The molecule has 0 saturated carbocycles. The molecule has 0 aliphatic rings. The van der Waals surface area contributed by atoms with Gasteiger partial charge in [0.05, 0.1) is 6.54 Å². The number of nitrogens with one attached hydrogen (secondary N) is 2. The Labute approximate surface area is 132 Å². The lowest BCUT2D eigenvalue weighted by atomic mass is 10.1. The molecule has 0 spiro atoms. The highest BCUT2D eigenvalue weighted by Crippen LogP contribution is 2.24. The van der Waals surface area contributed by atoms with Gasteiger partial charge in [-0.1, -0.05) is 31.5 Å². The second-order valence-electron chi connectivity index (χ2n) is 5.61. The van der Waals surface area contributed by atoms with Crippen molar-refractivity contribution in [2.45, 2.75) is 27.3 Å². The lowest BCUT2D eigenvalue weighted by Crippen LogP contribution is -2.35. The summed E-state index contributed by atoms with van der Waals surface area (Å²) in [6, 6.07) is 5.81. The Morgan fingerprint density at radius 2 is 2.10 bits per heavy atom. The zero-order valence-electron chi connectivity index (χ0n) is 13.4. The minimum Gasteiger partial charge on any atom is -0.365 e. The average Bonchev–Trinajstić information content (AvgIpc) is 2.40. The van der Waals surface area contributed by atoms with Crippen LogP contribution in [0.2, 0.25) is 5.02 Å². The molecular formula is C16H26ClN3O. The number of carbonyl (C=O) groups excluding carboxylic acids is 1. The van der Waals surface area contributed by atoms with Crippen molar-refractivity contribution in [3.63, 3.8) is 0 Å². The molecule has 1 rings (SSSR count). The smallest absolute Gasteiger partial charge is 0.239 e. The summed E-state index contributed by atoms with van der Waals surface area (Å²) in [5.41, 5.74) is 2.14. The van der Waals surface area contributed by atoms with Gasteiger partial charge in [-0.2, -0.15) is 0 Å². The zero-order valence-corrected chi connectivity index (χ0v) is 14.1. The zero-order chi connectivity index (χ0) is 15.8. The van der Waals surface area contributed by atoms with E-state index in [1.54, 1.807) is 0 Å². The minimum atomic E-state index is 0.0149. The number of nitrogens with zero attached hydrogens (tertiary/aromatic N) is 1. The Bertz CT molecular complexity index is 463. The van der Waals surface area contributed by atoms with Gasteiger partial charge in [-0.3, -0.25) is 4.79 Å². The predicted octanol–water partition coefficient (Wildman–Crippen LogP) is 2.66. The van der Waals surface area contributed by atoms with Crippen LogP contribution in [0.15, 0.2) is 18.2 Å². The number of hydrogen-bond acceptors (Lipinski definition) is 3. The van der Waals surface area contributed by atoms with Gasteiger partial charge in [-0.05, 0) is 37.1 Å². The lowest BCUT2D eigenvalue weighted by molar-refractivity contribution is -0.119. The van der Waals surface area contributed by atoms with Gasteiger partial charge in [0.15, 0.2) is 0 Å². The van der Waals surface area contributed by atoms with Crippen LogP contribution in [0.5, 0.6) is 0 Å². The van der Waals surface area contributed by atoms with Gasteiger partial charge in [-0.15, -0.1) is 0 Å². The van der Waals surface area contributed by atoms with E-state index in [1.807, 2.05) is 37.1 Å². The molecule has 1 aromatic carbocycles. The Balaban J connectivity index is 2.78. The summed E-state index contributed by atoms with van der Waals surface area (Å²) in [7, 11) is 1.91. The van der Waals surface area contributed by atoms with Crippen LogP contribution < -0.4 is 15.5 Å². The molecule has 21 heavy (non-hydrogen) atoms. The summed E-state index contributed by atoms with van der Waals surface area (Å²) in [4.78, 5) is 13.7. The lowest BCUT2D eigenvalue weighted by Gasteiger charge is -2.22. The van der Waals surface area contributed by atoms with Gasteiger partial charge >= 0.3 is 0 Å². The van der Waals surface area contributed by atoms with Crippen molar-refractivity contribution in [2.75, 3.05) is 31.6 Å². The third-order valence-electron chi connectivity index (χ3n) is 3.08. The van der Waals surface area contributed by atoms with Gasteiger partial charge < -0.3 is 15.5 Å². The number of benzene rings is 1. The Morgan fingerprint density at radius 1 is 1.38 bits per heavy atom. The molecule has 1 aromatic rings. The number of carbonyl (C=O) groups is 1. The first-order valence-corrected chi connectivity index (χ1v) is 7.78. The molecule has 0 unspecified atom stereocenters. The SMILES string of the molecule is CCNC(=O)CN(C)c1cc(Cl)ccc1CNCC(C)C. The van der Waals surface area contributed by atoms with Gasteiger partial charge in [0, 0.05) is 30.8 Å². The van der Waals surface area contributed by atoms with E-state index in [9.17, 15) is 4.79 Å². The molecule has 4 nitrogen and oxygen atoms in total. The maximum atomic E-state index is 11.7. The highest BCUT2D eigenvalue weighted by Gasteiger charge is 2.11. The van der Waals surface area contributed by atoms with Gasteiger partial charge in [0.1, 0.15) is 0 Å². The van der Waals surface area contributed by atoms with Crippen LogP contribution in [0.25, 0.3) is 0 Å². The molecule has 0 bridgehead atoms. The van der Waals surface area contributed by atoms with E-state index in [0.717, 1.165) is 24.3 Å². The van der Waals surface area contributed by atoms with Crippen LogP contribution in [0.4, 0.5) is 5.69 Å². The van der Waals surface area contributed by atoms with Crippen LogP contribution in [0.3, 0.4) is 0 Å². The van der Waals surface area contributed by atoms with Gasteiger partial charge in [0.25, 0.3) is 0 Å². The van der Waals surface area contributed by atoms with Crippen molar-refractivity contribution >= 4 is 23.2 Å². The summed E-state index contributed by atoms with van der Waals surface area (Å²) < 4.78 is 0. The summed E-state index contributed by atoms with van der Waals surface area (Å²) in [5, 5.41) is 6.91. The van der Waals surface area contributed by atoms with Crippen molar-refractivity contribution < 1.29 is 4.79 Å². The van der Waals surface area contributed by atoms with Crippen molar-refractivity contribution in [2.24, 2.45) is 5.92 Å². The van der Waals surface area contributed by atoms with E-state index in [-0.39, 0.29) is 5.91 Å². The predicted molar refractivity (Wildman–Crippen MR) is 90.0 cm³/mol. The van der Waals surface area contributed by atoms with Crippen molar-refractivity contribution in [1.29, 1.82) is 0 Å². The van der Waals surface area contributed by atoms with E-state index < -0.39 is 0 Å². The molecule has 0 saturated heterocycles. The highest BCUT2D eigenvalue weighted by molar-refractivity contribution is 6.30. The maximum Gasteiger partial charge on any atom is 0.239 e. The summed E-state index contributed by atoms with van der Waals surface area (Å²) in [6.45, 7) is 8.97. The largest absolute Gasteiger partial charge is 0.365 e. The molecular weight excluding hydrogens is 286 g/mol. The fraction of sp³-hybridized carbons (Fsp3) is 0.562. The third-order valence-corrected chi connectivity index (χ3v) is 3.32. The molecule has 0 aliphatic carbocycles. The molecule has 2 N–H and O–H groups in total. The minimum absolute atomic E-state index is 0.0149. The fourth-order valence-electron chi connectivity index (χ4n) is 2.09. The van der Waals surface area contributed by atoms with Crippen LogP contribution in [0, 0.1) is 5.92 Å². The van der Waals surface area contributed by atoms with Crippen LogP contribution >= 0.6 is 11.6 Å². The van der Waals surface area contributed by atoms with Crippen molar-refractivity contribution in [1.82, 2.24) is 10.6 Å². The molecule has 0 heterocycles. The first-order chi connectivity index (χ1) is 9.93. The molecule has 5 heteroatoms. The number of hydrogen-bond donors (Lipinski definition) is 2. The maximum absolute atomic E-state index is 11.7. The number of likely N-dealkylation sites (N-methyl/N-ethyl adjacent to an activating group) is 2. The van der Waals surface area contributed by atoms with Crippen LogP contribution in [0.1, 0.15) is 26.3 Å².